The summed E-state index contributed by atoms with van der Waals surface area (Å²) in [5, 5.41) is 14.1. The quantitative estimate of drug-likeness (QED) is 0.442. The number of nitrogens with zero attached hydrogens (tertiary/aromatic N) is 4. The Morgan fingerprint density at radius 1 is 0.970 bits per heavy atom. The molecule has 1 heterocycles. The number of para-hydroxylation sites is 1. The number of hydrogen-bond donors (Lipinski definition) is 1. The van der Waals surface area contributed by atoms with Crippen molar-refractivity contribution in [3.05, 3.63) is 78.6 Å². The molecule has 0 saturated carbocycles. The summed E-state index contributed by atoms with van der Waals surface area (Å²) >= 11 is 0. The van der Waals surface area contributed by atoms with E-state index in [1.807, 2.05) is 54.6 Å². The van der Waals surface area contributed by atoms with Crippen LogP contribution < -0.4 is 19.5 Å². The van der Waals surface area contributed by atoms with Crippen LogP contribution >= 0.6 is 0 Å². The van der Waals surface area contributed by atoms with Crippen LogP contribution in [0, 0.1) is 0 Å². The molecular formula is C24H23N5O4. The Morgan fingerprint density at radius 2 is 1.85 bits per heavy atom. The van der Waals surface area contributed by atoms with Crippen molar-refractivity contribution in [2.45, 2.75) is 6.42 Å². The van der Waals surface area contributed by atoms with Gasteiger partial charge in [0.15, 0.2) is 0 Å². The Kier molecular flexibility index (Phi) is 6.79. The molecule has 3 aromatic carbocycles. The third-order valence-electron chi connectivity index (χ3n) is 4.95. The average molecular weight is 445 g/mol. The van der Waals surface area contributed by atoms with Gasteiger partial charge in [-0.2, -0.15) is 0 Å². The summed E-state index contributed by atoms with van der Waals surface area (Å²) in [6, 6.07) is 20.6. The maximum atomic E-state index is 12.5. The summed E-state index contributed by atoms with van der Waals surface area (Å²) in [6.45, 7) is 0.415. The predicted octanol–water partition coefficient (Wildman–Crippen LogP) is 3.68. The normalized spacial score (nSPS) is 10.5. The third kappa shape index (κ3) is 5.45. The minimum Gasteiger partial charge on any atom is -0.497 e. The van der Waals surface area contributed by atoms with E-state index < -0.39 is 6.09 Å². The summed E-state index contributed by atoms with van der Waals surface area (Å²) < 4.78 is 17.8. The molecule has 33 heavy (non-hydrogen) atoms. The van der Waals surface area contributed by atoms with E-state index in [-0.39, 0.29) is 0 Å². The molecule has 0 aliphatic heterocycles. The highest BCUT2D eigenvalue weighted by molar-refractivity contribution is 5.76. The van der Waals surface area contributed by atoms with E-state index in [9.17, 15) is 4.79 Å². The van der Waals surface area contributed by atoms with Gasteiger partial charge in [-0.25, -0.2) is 9.48 Å². The highest BCUT2D eigenvalue weighted by Gasteiger charge is 2.13. The van der Waals surface area contributed by atoms with Gasteiger partial charge in [0, 0.05) is 18.2 Å². The number of hydrogen-bond acceptors (Lipinski definition) is 7. The van der Waals surface area contributed by atoms with Crippen molar-refractivity contribution < 1.29 is 19.0 Å². The van der Waals surface area contributed by atoms with Crippen molar-refractivity contribution in [3.8, 4) is 34.1 Å². The van der Waals surface area contributed by atoms with Gasteiger partial charge < -0.3 is 19.5 Å². The van der Waals surface area contributed by atoms with Crippen molar-refractivity contribution in [1.82, 2.24) is 25.5 Å². The maximum absolute atomic E-state index is 12.5. The molecule has 0 fully saturated rings. The van der Waals surface area contributed by atoms with E-state index in [2.05, 4.69) is 20.8 Å². The number of carbonyl (C=O) groups is 1. The molecule has 1 amide bonds. The maximum Gasteiger partial charge on any atom is 0.412 e. The molecule has 0 spiro atoms. The number of amides is 1. The minimum absolute atomic E-state index is 0.350. The van der Waals surface area contributed by atoms with Crippen LogP contribution in [0.5, 0.6) is 17.2 Å². The molecule has 0 bridgehead atoms. The molecule has 4 aromatic rings. The van der Waals surface area contributed by atoms with E-state index in [1.54, 1.807) is 26.4 Å². The number of tetrazole rings is 1. The fraction of sp³-hybridized carbons (Fsp3) is 0.167. The zero-order valence-electron chi connectivity index (χ0n) is 18.3. The predicted molar refractivity (Wildman–Crippen MR) is 122 cm³/mol. The summed E-state index contributed by atoms with van der Waals surface area (Å²) in [7, 11) is 3.23. The van der Waals surface area contributed by atoms with Gasteiger partial charge in [-0.05, 0) is 58.3 Å². The Morgan fingerprint density at radius 3 is 2.64 bits per heavy atom. The van der Waals surface area contributed by atoms with Crippen LogP contribution in [0.1, 0.15) is 5.56 Å². The van der Waals surface area contributed by atoms with Gasteiger partial charge in [0.25, 0.3) is 0 Å². The van der Waals surface area contributed by atoms with Gasteiger partial charge in [0.1, 0.15) is 23.6 Å². The number of aromatic nitrogens is 4. The standard InChI is InChI=1S/C24H23N5O4/c1-31-20-7-5-6-17(12-20)10-11-25-24(30)33-21-14-18(22-8-3-4-9-23(22)32-2)13-19(15-21)29-16-26-27-28-29/h3-9,12-16H,10-11H2,1-2H3,(H,25,30). The van der Waals surface area contributed by atoms with E-state index in [0.717, 1.165) is 22.4 Å². The second kappa shape index (κ2) is 10.3. The molecule has 9 nitrogen and oxygen atoms in total. The molecule has 4 rings (SSSR count). The summed E-state index contributed by atoms with van der Waals surface area (Å²) in [4.78, 5) is 12.5. The van der Waals surface area contributed by atoms with Gasteiger partial charge in [-0.3, -0.25) is 0 Å². The Hall–Kier alpha value is -4.40. The number of ether oxygens (including phenoxy) is 3. The first kappa shape index (κ1) is 21.8. The zero-order valence-corrected chi connectivity index (χ0v) is 18.3. The van der Waals surface area contributed by atoms with Gasteiger partial charge in [-0.1, -0.05) is 30.3 Å². The lowest BCUT2D eigenvalue weighted by molar-refractivity contribution is 0.200. The zero-order chi connectivity index (χ0) is 23.0. The summed E-state index contributed by atoms with van der Waals surface area (Å²) in [5.41, 5.74) is 3.33. The minimum atomic E-state index is -0.558. The van der Waals surface area contributed by atoms with E-state index >= 15 is 0 Å². The first-order valence-corrected chi connectivity index (χ1v) is 10.3. The van der Waals surface area contributed by atoms with Gasteiger partial charge in [0.2, 0.25) is 0 Å². The summed E-state index contributed by atoms with van der Waals surface area (Å²) in [5.74, 6) is 1.82. The molecule has 0 atom stereocenters. The largest absolute Gasteiger partial charge is 0.497 e. The van der Waals surface area contributed by atoms with Crippen LogP contribution in [-0.2, 0) is 6.42 Å². The van der Waals surface area contributed by atoms with Crippen LogP contribution in [0.4, 0.5) is 4.79 Å². The van der Waals surface area contributed by atoms with Crippen molar-refractivity contribution in [1.29, 1.82) is 0 Å². The lowest BCUT2D eigenvalue weighted by atomic mass is 10.0. The molecular weight excluding hydrogens is 422 g/mol. The van der Waals surface area contributed by atoms with Gasteiger partial charge in [-0.15, -0.1) is 5.10 Å². The first-order chi connectivity index (χ1) is 16.2. The molecule has 0 aliphatic rings. The molecule has 0 saturated heterocycles. The molecule has 0 aliphatic carbocycles. The number of benzene rings is 3. The highest BCUT2D eigenvalue weighted by Crippen LogP contribution is 2.33. The summed E-state index contributed by atoms with van der Waals surface area (Å²) in [6.07, 6.45) is 1.56. The second-order valence-corrected chi connectivity index (χ2v) is 7.09. The van der Waals surface area contributed by atoms with Gasteiger partial charge in [0.05, 0.1) is 19.9 Å². The third-order valence-corrected chi connectivity index (χ3v) is 4.95. The number of rotatable bonds is 8. The second-order valence-electron chi connectivity index (χ2n) is 7.09. The van der Waals surface area contributed by atoms with E-state index in [1.165, 1.54) is 11.0 Å². The van der Waals surface area contributed by atoms with Crippen LogP contribution in [0.25, 0.3) is 16.8 Å². The molecule has 168 valence electrons. The lowest BCUT2D eigenvalue weighted by Gasteiger charge is -2.13. The van der Waals surface area contributed by atoms with Crippen molar-refractivity contribution in [2.24, 2.45) is 0 Å². The van der Waals surface area contributed by atoms with Crippen LogP contribution in [0.3, 0.4) is 0 Å². The van der Waals surface area contributed by atoms with E-state index in [0.29, 0.717) is 30.2 Å². The fourth-order valence-electron chi connectivity index (χ4n) is 3.37. The molecule has 0 unspecified atom stereocenters. The molecule has 9 heteroatoms. The smallest absolute Gasteiger partial charge is 0.412 e. The topological polar surface area (TPSA) is 100 Å². The Bertz CT molecular complexity index is 1230. The highest BCUT2D eigenvalue weighted by atomic mass is 16.6. The van der Waals surface area contributed by atoms with Crippen LogP contribution in [0.15, 0.2) is 73.1 Å². The van der Waals surface area contributed by atoms with Crippen molar-refractivity contribution >= 4 is 6.09 Å². The van der Waals surface area contributed by atoms with E-state index in [4.69, 9.17) is 14.2 Å². The first-order valence-electron chi connectivity index (χ1n) is 10.3. The molecule has 1 aromatic heterocycles. The number of nitrogens with one attached hydrogen (secondary N) is 1. The average Bonchev–Trinajstić information content (AvgIpc) is 3.39. The monoisotopic (exact) mass is 445 g/mol. The molecule has 0 radical (unpaired) electrons. The van der Waals surface area contributed by atoms with Crippen molar-refractivity contribution in [2.75, 3.05) is 20.8 Å². The van der Waals surface area contributed by atoms with Crippen LogP contribution in [0.2, 0.25) is 0 Å². The Balaban J connectivity index is 1.51. The van der Waals surface area contributed by atoms with Crippen LogP contribution in [-0.4, -0.2) is 47.1 Å². The fourth-order valence-corrected chi connectivity index (χ4v) is 3.37. The number of carbonyl (C=O) groups excluding carboxylic acids is 1. The Labute approximate surface area is 190 Å². The van der Waals surface area contributed by atoms with Crippen molar-refractivity contribution in [3.63, 3.8) is 0 Å². The molecule has 1 N–H and O–H groups in total. The lowest BCUT2D eigenvalue weighted by Crippen LogP contribution is -2.28. The number of methoxy groups -OCH3 is 2. The SMILES string of the molecule is COc1cccc(CCNC(=O)Oc2cc(-c3ccccc3OC)cc(-n3cnnn3)c2)c1. The van der Waals surface area contributed by atoms with Gasteiger partial charge >= 0.3 is 6.09 Å².